The van der Waals surface area contributed by atoms with Crippen LogP contribution in [0.5, 0.6) is 5.75 Å². The number of nitrogens with one attached hydrogen (secondary N) is 1. The van der Waals surface area contributed by atoms with Crippen LogP contribution >= 0.6 is 12.2 Å². The second kappa shape index (κ2) is 6.29. The minimum absolute atomic E-state index is 0.0413. The summed E-state index contributed by atoms with van der Waals surface area (Å²) >= 11 is 4.94. The molecule has 0 unspecified atom stereocenters. The number of aromatic nitrogens is 1. The molecule has 122 valence electrons. The Morgan fingerprint density at radius 1 is 1.17 bits per heavy atom. The van der Waals surface area contributed by atoms with Crippen molar-refractivity contribution in [2.75, 3.05) is 14.2 Å². The fourth-order valence-corrected chi connectivity index (χ4v) is 2.56. The van der Waals surface area contributed by atoms with E-state index in [4.69, 9.17) is 17.0 Å². The third-order valence-electron chi connectivity index (χ3n) is 3.73. The van der Waals surface area contributed by atoms with Gasteiger partial charge in [-0.25, -0.2) is 0 Å². The highest BCUT2D eigenvalue weighted by Gasteiger charge is 2.30. The van der Waals surface area contributed by atoms with Crippen LogP contribution in [0.1, 0.15) is 5.69 Å². The van der Waals surface area contributed by atoms with Gasteiger partial charge in [0.15, 0.2) is 5.11 Å². The maximum atomic E-state index is 12.3. The number of thiocarbonyl (C=S) groups is 1. The largest absolute Gasteiger partial charge is 0.497 e. The van der Waals surface area contributed by atoms with Gasteiger partial charge in [0.25, 0.3) is 11.8 Å². The number of carbonyl (C=O) groups is 2. The molecule has 0 spiro atoms. The third-order valence-corrected chi connectivity index (χ3v) is 4.10. The standard InChI is InChI=1S/C17H15N3O3S/c1-19-16(22)14(15(21)18-17(19)24)10-12-4-3-9-20(12)11-5-7-13(23-2)8-6-11/h3-10H,1-2H3,(H,18,21,24). The van der Waals surface area contributed by atoms with Crippen molar-refractivity contribution in [2.45, 2.75) is 0 Å². The average molecular weight is 341 g/mol. The molecule has 1 N–H and O–H groups in total. The van der Waals surface area contributed by atoms with Gasteiger partial charge in [0.1, 0.15) is 11.3 Å². The highest BCUT2D eigenvalue weighted by Crippen LogP contribution is 2.20. The SMILES string of the molecule is COc1ccc(-n2cccc2C=C2C(=O)NC(=S)N(C)C2=O)cc1. The Morgan fingerprint density at radius 2 is 1.88 bits per heavy atom. The number of ether oxygens (including phenoxy) is 1. The van der Waals surface area contributed by atoms with E-state index >= 15 is 0 Å². The van der Waals surface area contributed by atoms with Crippen molar-refractivity contribution in [3.8, 4) is 11.4 Å². The van der Waals surface area contributed by atoms with Crippen LogP contribution in [-0.2, 0) is 9.59 Å². The molecule has 1 saturated heterocycles. The van der Waals surface area contributed by atoms with E-state index in [1.807, 2.05) is 47.2 Å². The number of likely N-dealkylation sites (N-methyl/N-ethyl adjacent to an activating group) is 1. The lowest BCUT2D eigenvalue weighted by atomic mass is 10.1. The van der Waals surface area contributed by atoms with Crippen molar-refractivity contribution in [3.05, 3.63) is 53.9 Å². The number of methoxy groups -OCH3 is 1. The molecule has 1 aromatic carbocycles. The second-order valence-electron chi connectivity index (χ2n) is 5.18. The van der Waals surface area contributed by atoms with Crippen LogP contribution in [0.4, 0.5) is 0 Å². The topological polar surface area (TPSA) is 63.6 Å². The third kappa shape index (κ3) is 2.81. The summed E-state index contributed by atoms with van der Waals surface area (Å²) in [5.41, 5.74) is 1.64. The number of amides is 2. The molecule has 2 amide bonds. The van der Waals surface area contributed by atoms with Gasteiger partial charge in [-0.1, -0.05) is 0 Å². The molecule has 0 saturated carbocycles. The van der Waals surface area contributed by atoms with Crippen molar-refractivity contribution >= 4 is 35.2 Å². The zero-order valence-corrected chi connectivity index (χ0v) is 14.0. The molecule has 1 aromatic heterocycles. The lowest BCUT2D eigenvalue weighted by Gasteiger charge is -2.25. The van der Waals surface area contributed by atoms with Gasteiger partial charge in [-0.05, 0) is 54.7 Å². The second-order valence-corrected chi connectivity index (χ2v) is 5.57. The molecular weight excluding hydrogens is 326 g/mol. The van der Waals surface area contributed by atoms with Gasteiger partial charge in [0.05, 0.1) is 7.11 Å². The Morgan fingerprint density at radius 3 is 2.54 bits per heavy atom. The molecule has 6 nitrogen and oxygen atoms in total. The van der Waals surface area contributed by atoms with E-state index in [-0.39, 0.29) is 10.7 Å². The fourth-order valence-electron chi connectivity index (χ4n) is 2.38. The molecule has 2 aromatic rings. The molecule has 0 atom stereocenters. The summed E-state index contributed by atoms with van der Waals surface area (Å²) in [4.78, 5) is 25.6. The number of benzene rings is 1. The van der Waals surface area contributed by atoms with Gasteiger partial charge in [0, 0.05) is 24.6 Å². The molecule has 2 heterocycles. The van der Waals surface area contributed by atoms with Crippen LogP contribution in [0.3, 0.4) is 0 Å². The molecule has 3 rings (SSSR count). The number of hydrogen-bond donors (Lipinski definition) is 1. The predicted octanol–water partition coefficient (Wildman–Crippen LogP) is 1.74. The first-order valence-corrected chi connectivity index (χ1v) is 7.59. The summed E-state index contributed by atoms with van der Waals surface area (Å²) in [5.74, 6) is -0.167. The van der Waals surface area contributed by atoms with Crippen LogP contribution in [0.2, 0.25) is 0 Å². The van der Waals surface area contributed by atoms with E-state index in [0.717, 1.165) is 11.4 Å². The summed E-state index contributed by atoms with van der Waals surface area (Å²) in [5, 5.41) is 2.60. The van der Waals surface area contributed by atoms with E-state index in [1.165, 1.54) is 11.9 Å². The van der Waals surface area contributed by atoms with Gasteiger partial charge >= 0.3 is 0 Å². The molecule has 1 fully saturated rings. The van der Waals surface area contributed by atoms with Crippen molar-refractivity contribution in [2.24, 2.45) is 0 Å². The van der Waals surface area contributed by atoms with E-state index in [1.54, 1.807) is 13.2 Å². The summed E-state index contributed by atoms with van der Waals surface area (Å²) in [6.45, 7) is 0. The number of carbonyl (C=O) groups excluding carboxylic acids is 2. The fraction of sp³-hybridized carbons (Fsp3) is 0.118. The van der Waals surface area contributed by atoms with Crippen LogP contribution < -0.4 is 10.1 Å². The van der Waals surface area contributed by atoms with Gasteiger partial charge in [-0.2, -0.15) is 0 Å². The first-order chi connectivity index (χ1) is 11.5. The van der Waals surface area contributed by atoms with Crippen LogP contribution in [-0.4, -0.2) is 40.6 Å². The first-order valence-electron chi connectivity index (χ1n) is 7.18. The van der Waals surface area contributed by atoms with Crippen LogP contribution in [0, 0.1) is 0 Å². The maximum Gasteiger partial charge on any atom is 0.265 e. The van der Waals surface area contributed by atoms with Crippen LogP contribution in [0.25, 0.3) is 11.8 Å². The number of hydrogen-bond acceptors (Lipinski definition) is 4. The summed E-state index contributed by atoms with van der Waals surface area (Å²) in [7, 11) is 3.13. The molecule has 0 bridgehead atoms. The Labute approximate surface area is 144 Å². The number of rotatable bonds is 3. The Hall–Kier alpha value is -2.93. The lowest BCUT2D eigenvalue weighted by molar-refractivity contribution is -0.128. The van der Waals surface area contributed by atoms with Crippen LogP contribution in [0.15, 0.2) is 48.2 Å². The monoisotopic (exact) mass is 341 g/mol. The maximum absolute atomic E-state index is 12.3. The minimum atomic E-state index is -0.495. The smallest absolute Gasteiger partial charge is 0.265 e. The summed E-state index contributed by atoms with van der Waals surface area (Å²) in [6, 6.07) is 11.1. The normalized spacial score (nSPS) is 16.5. The van der Waals surface area contributed by atoms with E-state index in [9.17, 15) is 9.59 Å². The summed E-state index contributed by atoms with van der Waals surface area (Å²) in [6.07, 6.45) is 3.41. The van der Waals surface area contributed by atoms with E-state index in [0.29, 0.717) is 5.69 Å². The predicted molar refractivity (Wildman–Crippen MR) is 93.8 cm³/mol. The molecule has 7 heteroatoms. The van der Waals surface area contributed by atoms with E-state index in [2.05, 4.69) is 5.32 Å². The Kier molecular flexibility index (Phi) is 4.18. The average Bonchev–Trinajstić information content (AvgIpc) is 3.05. The van der Waals surface area contributed by atoms with E-state index < -0.39 is 11.8 Å². The quantitative estimate of drug-likeness (QED) is 0.525. The molecule has 1 aliphatic rings. The molecule has 0 radical (unpaired) electrons. The first kappa shape index (κ1) is 15.9. The zero-order chi connectivity index (χ0) is 17.3. The molecule has 0 aliphatic carbocycles. The van der Waals surface area contributed by atoms with Gasteiger partial charge < -0.3 is 9.30 Å². The van der Waals surface area contributed by atoms with Gasteiger partial charge in [-0.3, -0.25) is 19.8 Å². The van der Waals surface area contributed by atoms with Crippen molar-refractivity contribution in [1.82, 2.24) is 14.8 Å². The highest BCUT2D eigenvalue weighted by atomic mass is 32.1. The van der Waals surface area contributed by atoms with Crippen molar-refractivity contribution in [3.63, 3.8) is 0 Å². The molecule has 1 aliphatic heterocycles. The van der Waals surface area contributed by atoms with Crippen molar-refractivity contribution in [1.29, 1.82) is 0 Å². The molecular formula is C17H15N3O3S. The Balaban J connectivity index is 1.99. The lowest BCUT2D eigenvalue weighted by Crippen LogP contribution is -2.52. The van der Waals surface area contributed by atoms with Crippen molar-refractivity contribution < 1.29 is 14.3 Å². The number of nitrogens with zero attached hydrogens (tertiary/aromatic N) is 2. The zero-order valence-electron chi connectivity index (χ0n) is 13.1. The minimum Gasteiger partial charge on any atom is -0.497 e. The molecule has 24 heavy (non-hydrogen) atoms. The highest BCUT2D eigenvalue weighted by molar-refractivity contribution is 7.80. The van der Waals surface area contributed by atoms with Gasteiger partial charge in [-0.15, -0.1) is 0 Å². The summed E-state index contributed by atoms with van der Waals surface area (Å²) < 4.78 is 7.03. The van der Waals surface area contributed by atoms with Gasteiger partial charge in [0.2, 0.25) is 0 Å². The Bertz CT molecular complexity index is 852.